The molecule has 6 atom stereocenters. The molecule has 7 N–H and O–H groups in total. The minimum absolute atomic E-state index is 0.632. The van der Waals surface area contributed by atoms with E-state index in [1.54, 1.807) is 0 Å². The lowest BCUT2D eigenvalue weighted by atomic mass is 9.92. The summed E-state index contributed by atoms with van der Waals surface area (Å²) >= 11 is 0. The van der Waals surface area contributed by atoms with Crippen molar-refractivity contribution in [3.8, 4) is 0 Å². The SMILES string of the molecule is NC(=O)C(O)[C@H]1O[C@H](CO)[C@@H](O)[C@H](O)[C@@H]1O. The largest absolute Gasteiger partial charge is 0.394 e. The highest BCUT2D eigenvalue weighted by molar-refractivity contribution is 5.79. The summed E-state index contributed by atoms with van der Waals surface area (Å²) in [5.74, 6) is -1.13. The van der Waals surface area contributed by atoms with Crippen molar-refractivity contribution in [2.75, 3.05) is 6.61 Å². The molecule has 8 heteroatoms. The minimum Gasteiger partial charge on any atom is -0.394 e. The van der Waals surface area contributed by atoms with Crippen LogP contribution in [0.3, 0.4) is 0 Å². The molecular weight excluding hydrogens is 222 g/mol. The Bertz CT molecular complexity index is 259. The second kappa shape index (κ2) is 5.04. The van der Waals surface area contributed by atoms with E-state index >= 15 is 0 Å². The summed E-state index contributed by atoms with van der Waals surface area (Å²) in [7, 11) is 0. The van der Waals surface area contributed by atoms with E-state index < -0.39 is 49.1 Å². The van der Waals surface area contributed by atoms with Crippen molar-refractivity contribution in [3.63, 3.8) is 0 Å². The van der Waals surface area contributed by atoms with Crippen molar-refractivity contribution >= 4 is 5.91 Å². The van der Waals surface area contributed by atoms with Gasteiger partial charge in [0.05, 0.1) is 6.61 Å². The highest BCUT2D eigenvalue weighted by Crippen LogP contribution is 2.23. The summed E-state index contributed by atoms with van der Waals surface area (Å²) in [6.07, 6.45) is -9.31. The van der Waals surface area contributed by atoms with Gasteiger partial charge in [-0.15, -0.1) is 0 Å². The first kappa shape index (κ1) is 13.3. The zero-order chi connectivity index (χ0) is 12.5. The molecule has 1 fully saturated rings. The third kappa shape index (κ3) is 2.32. The third-order valence-corrected chi connectivity index (χ3v) is 2.53. The molecule has 1 rings (SSSR count). The van der Waals surface area contributed by atoms with Crippen molar-refractivity contribution in [2.45, 2.75) is 36.6 Å². The molecule has 0 aliphatic carbocycles. The van der Waals surface area contributed by atoms with Crippen LogP contribution in [0.2, 0.25) is 0 Å². The van der Waals surface area contributed by atoms with Crippen LogP contribution >= 0.6 is 0 Å². The zero-order valence-electron chi connectivity index (χ0n) is 8.30. The van der Waals surface area contributed by atoms with Gasteiger partial charge in [-0.25, -0.2) is 0 Å². The lowest BCUT2D eigenvalue weighted by Gasteiger charge is -2.41. The van der Waals surface area contributed by atoms with Crippen molar-refractivity contribution in [3.05, 3.63) is 0 Å². The molecule has 0 aromatic heterocycles. The van der Waals surface area contributed by atoms with Crippen molar-refractivity contribution < 1.29 is 35.1 Å². The lowest BCUT2D eigenvalue weighted by molar-refractivity contribution is -0.246. The molecule has 1 unspecified atom stereocenters. The Morgan fingerprint density at radius 1 is 1.25 bits per heavy atom. The molecule has 8 nitrogen and oxygen atoms in total. The van der Waals surface area contributed by atoms with Crippen LogP contribution in [0.1, 0.15) is 0 Å². The number of ether oxygens (including phenoxy) is 1. The Kier molecular flexibility index (Phi) is 4.19. The van der Waals surface area contributed by atoms with Gasteiger partial charge in [0.2, 0.25) is 5.91 Å². The van der Waals surface area contributed by atoms with Gasteiger partial charge in [-0.3, -0.25) is 4.79 Å². The van der Waals surface area contributed by atoms with E-state index in [0.29, 0.717) is 0 Å². The Hall–Kier alpha value is -0.770. The number of primary amides is 1. The van der Waals surface area contributed by atoms with Crippen LogP contribution < -0.4 is 5.73 Å². The first-order valence-electron chi connectivity index (χ1n) is 4.68. The molecule has 0 aromatic rings. The monoisotopic (exact) mass is 237 g/mol. The molecule has 1 saturated heterocycles. The number of amides is 1. The van der Waals surface area contributed by atoms with Crippen LogP contribution in [0, 0.1) is 0 Å². The van der Waals surface area contributed by atoms with Crippen LogP contribution in [0.5, 0.6) is 0 Å². The third-order valence-electron chi connectivity index (χ3n) is 2.53. The van der Waals surface area contributed by atoms with Crippen molar-refractivity contribution in [1.82, 2.24) is 0 Å². The Labute approximate surface area is 90.9 Å². The average molecular weight is 237 g/mol. The van der Waals surface area contributed by atoms with Crippen LogP contribution in [0.25, 0.3) is 0 Å². The molecule has 16 heavy (non-hydrogen) atoms. The van der Waals surface area contributed by atoms with Crippen LogP contribution in [0.15, 0.2) is 0 Å². The van der Waals surface area contributed by atoms with Crippen LogP contribution in [0.4, 0.5) is 0 Å². The molecule has 0 aromatic carbocycles. The lowest BCUT2D eigenvalue weighted by Crippen LogP contribution is -2.63. The molecule has 1 amide bonds. The second-order valence-electron chi connectivity index (χ2n) is 3.64. The van der Waals surface area contributed by atoms with Crippen molar-refractivity contribution in [2.24, 2.45) is 5.73 Å². The number of carbonyl (C=O) groups excluding carboxylic acids is 1. The summed E-state index contributed by atoms with van der Waals surface area (Å²) in [5, 5.41) is 46.3. The number of carbonyl (C=O) groups is 1. The van der Waals surface area contributed by atoms with Gasteiger partial charge in [0.25, 0.3) is 0 Å². The van der Waals surface area contributed by atoms with E-state index in [9.17, 15) is 25.2 Å². The van der Waals surface area contributed by atoms with E-state index in [1.807, 2.05) is 0 Å². The summed E-state index contributed by atoms with van der Waals surface area (Å²) in [6.45, 7) is -0.632. The predicted octanol–water partition coefficient (Wildman–Crippen LogP) is -4.32. The average Bonchev–Trinajstić information content (AvgIpc) is 2.25. The quantitative estimate of drug-likeness (QED) is 0.290. The Balaban J connectivity index is 2.82. The van der Waals surface area contributed by atoms with Gasteiger partial charge < -0.3 is 36.0 Å². The highest BCUT2D eigenvalue weighted by atomic mass is 16.6. The number of rotatable bonds is 3. The number of hydrogen-bond donors (Lipinski definition) is 6. The van der Waals surface area contributed by atoms with Gasteiger partial charge in [-0.05, 0) is 0 Å². The molecule has 1 aliphatic heterocycles. The summed E-state index contributed by atoms with van der Waals surface area (Å²) in [4.78, 5) is 10.7. The van der Waals surface area contributed by atoms with E-state index in [-0.39, 0.29) is 0 Å². The van der Waals surface area contributed by atoms with Crippen LogP contribution in [-0.2, 0) is 9.53 Å². The van der Waals surface area contributed by atoms with Crippen molar-refractivity contribution in [1.29, 1.82) is 0 Å². The van der Waals surface area contributed by atoms with E-state index in [1.165, 1.54) is 0 Å². The molecule has 0 radical (unpaired) electrons. The molecule has 1 heterocycles. The van der Waals surface area contributed by atoms with Gasteiger partial charge in [0.1, 0.15) is 30.5 Å². The van der Waals surface area contributed by atoms with E-state index in [4.69, 9.17) is 15.6 Å². The van der Waals surface area contributed by atoms with Gasteiger partial charge >= 0.3 is 0 Å². The van der Waals surface area contributed by atoms with E-state index in [2.05, 4.69) is 0 Å². The highest BCUT2D eigenvalue weighted by Gasteiger charge is 2.47. The zero-order valence-corrected chi connectivity index (χ0v) is 8.30. The number of aliphatic hydroxyl groups is 5. The van der Waals surface area contributed by atoms with Gasteiger partial charge in [0.15, 0.2) is 6.10 Å². The first-order valence-corrected chi connectivity index (χ1v) is 4.68. The summed E-state index contributed by atoms with van der Waals surface area (Å²) in [5.41, 5.74) is 4.81. The number of nitrogens with two attached hydrogens (primary N) is 1. The van der Waals surface area contributed by atoms with Crippen LogP contribution in [-0.4, -0.2) is 74.7 Å². The molecule has 1 aliphatic rings. The fourth-order valence-electron chi connectivity index (χ4n) is 1.55. The Morgan fingerprint density at radius 3 is 2.25 bits per heavy atom. The standard InChI is InChI=1S/C8H15NO7/c9-8(15)6(14)7-5(13)4(12)3(11)2(1-10)16-7/h2-7,10-14H,1H2,(H2,9,15)/t2-,3-,4+,5+,6?,7+/m1/s1. The maximum absolute atomic E-state index is 10.7. The number of aliphatic hydroxyl groups excluding tert-OH is 5. The number of hydrogen-bond acceptors (Lipinski definition) is 7. The van der Waals surface area contributed by atoms with Gasteiger partial charge in [-0.2, -0.15) is 0 Å². The van der Waals surface area contributed by atoms with Gasteiger partial charge in [0, 0.05) is 0 Å². The fourth-order valence-corrected chi connectivity index (χ4v) is 1.55. The summed E-state index contributed by atoms with van der Waals surface area (Å²) in [6, 6.07) is 0. The molecular formula is C8H15NO7. The molecule has 0 saturated carbocycles. The smallest absolute Gasteiger partial charge is 0.249 e. The van der Waals surface area contributed by atoms with Gasteiger partial charge in [-0.1, -0.05) is 0 Å². The first-order chi connectivity index (χ1) is 7.40. The summed E-state index contributed by atoms with van der Waals surface area (Å²) < 4.78 is 4.89. The maximum atomic E-state index is 10.7. The predicted molar refractivity (Wildman–Crippen MR) is 49.0 cm³/mol. The second-order valence-corrected chi connectivity index (χ2v) is 3.64. The van der Waals surface area contributed by atoms with E-state index in [0.717, 1.165) is 0 Å². The Morgan fingerprint density at radius 2 is 1.81 bits per heavy atom. The molecule has 0 spiro atoms. The fraction of sp³-hybridized carbons (Fsp3) is 0.875. The molecule has 0 bridgehead atoms. The topological polar surface area (TPSA) is 153 Å². The maximum Gasteiger partial charge on any atom is 0.249 e. The molecule has 94 valence electrons. The minimum atomic E-state index is -1.83. The normalized spacial score (nSPS) is 41.7.